The van der Waals surface area contributed by atoms with Crippen LogP contribution >= 0.6 is 11.3 Å². The van der Waals surface area contributed by atoms with Crippen LogP contribution in [0.1, 0.15) is 36.0 Å². The molecule has 0 saturated heterocycles. The highest BCUT2D eigenvalue weighted by atomic mass is 32.1. The molecule has 2 nitrogen and oxygen atoms in total. The highest BCUT2D eigenvalue weighted by Gasteiger charge is 2.19. The van der Waals surface area contributed by atoms with E-state index < -0.39 is 0 Å². The number of hydrogen-bond acceptors (Lipinski definition) is 3. The SMILES string of the molecule is CCNC(Cc1csc(C)n1)C(C)c1ccccc1. The average molecular weight is 274 g/mol. The standard InChI is InChI=1S/C16H22N2S/c1-4-17-16(10-15-11-19-13(3)18-15)12(2)14-8-6-5-7-9-14/h5-9,11-12,16-17H,4,10H2,1-3H3. The second-order valence-corrected chi connectivity index (χ2v) is 5.99. The van der Waals surface area contributed by atoms with Crippen molar-refractivity contribution >= 4 is 11.3 Å². The Morgan fingerprint density at radius 3 is 2.58 bits per heavy atom. The van der Waals surface area contributed by atoms with Gasteiger partial charge in [-0.1, -0.05) is 44.2 Å². The minimum absolute atomic E-state index is 0.439. The third kappa shape index (κ3) is 3.88. The van der Waals surface area contributed by atoms with Crippen molar-refractivity contribution in [1.29, 1.82) is 0 Å². The molecule has 1 aromatic heterocycles. The number of nitrogens with one attached hydrogen (secondary N) is 1. The van der Waals surface area contributed by atoms with Crippen molar-refractivity contribution in [2.45, 2.75) is 39.2 Å². The number of likely N-dealkylation sites (N-methyl/N-ethyl adjacent to an activating group) is 1. The van der Waals surface area contributed by atoms with E-state index in [1.165, 1.54) is 11.3 Å². The molecule has 0 aliphatic rings. The Morgan fingerprint density at radius 1 is 1.26 bits per heavy atom. The smallest absolute Gasteiger partial charge is 0.0897 e. The van der Waals surface area contributed by atoms with E-state index in [2.05, 4.69) is 66.8 Å². The predicted octanol–water partition coefficient (Wildman–Crippen LogP) is 3.78. The lowest BCUT2D eigenvalue weighted by Gasteiger charge is -2.24. The van der Waals surface area contributed by atoms with Crippen LogP contribution in [-0.2, 0) is 6.42 Å². The van der Waals surface area contributed by atoms with E-state index in [1.54, 1.807) is 11.3 Å². The Kier molecular flexibility index (Phi) is 5.11. The molecule has 1 aromatic carbocycles. The number of nitrogens with zero attached hydrogens (tertiary/aromatic N) is 1. The lowest BCUT2D eigenvalue weighted by molar-refractivity contribution is 0.455. The zero-order chi connectivity index (χ0) is 13.7. The van der Waals surface area contributed by atoms with Gasteiger partial charge < -0.3 is 5.32 Å². The van der Waals surface area contributed by atoms with Crippen molar-refractivity contribution in [2.24, 2.45) is 0 Å². The molecular weight excluding hydrogens is 252 g/mol. The molecule has 0 aliphatic heterocycles. The molecule has 0 radical (unpaired) electrons. The number of aromatic nitrogens is 1. The summed E-state index contributed by atoms with van der Waals surface area (Å²) in [5.41, 5.74) is 2.59. The Morgan fingerprint density at radius 2 is 2.00 bits per heavy atom. The maximum atomic E-state index is 4.59. The Balaban J connectivity index is 2.11. The third-order valence-electron chi connectivity index (χ3n) is 3.49. The van der Waals surface area contributed by atoms with Crippen LogP contribution < -0.4 is 5.32 Å². The van der Waals surface area contributed by atoms with E-state index in [4.69, 9.17) is 0 Å². The topological polar surface area (TPSA) is 24.9 Å². The fourth-order valence-corrected chi connectivity index (χ4v) is 3.03. The number of benzene rings is 1. The molecule has 1 N–H and O–H groups in total. The van der Waals surface area contributed by atoms with Crippen LogP contribution in [0.2, 0.25) is 0 Å². The first-order valence-corrected chi connectivity index (χ1v) is 7.78. The molecule has 2 aromatic rings. The van der Waals surface area contributed by atoms with Crippen molar-refractivity contribution in [3.05, 3.63) is 52.0 Å². The van der Waals surface area contributed by atoms with Gasteiger partial charge in [0, 0.05) is 17.8 Å². The van der Waals surface area contributed by atoms with E-state index in [0.717, 1.165) is 18.0 Å². The minimum atomic E-state index is 0.439. The summed E-state index contributed by atoms with van der Waals surface area (Å²) in [7, 11) is 0. The summed E-state index contributed by atoms with van der Waals surface area (Å²) in [6.45, 7) is 7.51. The molecule has 2 atom stereocenters. The van der Waals surface area contributed by atoms with Gasteiger partial charge in [0.1, 0.15) is 0 Å². The van der Waals surface area contributed by atoms with Gasteiger partial charge in [-0.25, -0.2) is 4.98 Å². The highest BCUT2D eigenvalue weighted by molar-refractivity contribution is 7.09. The van der Waals surface area contributed by atoms with Crippen LogP contribution in [-0.4, -0.2) is 17.6 Å². The van der Waals surface area contributed by atoms with Crippen molar-refractivity contribution in [3.8, 4) is 0 Å². The molecule has 1 heterocycles. The molecular formula is C16H22N2S. The molecule has 19 heavy (non-hydrogen) atoms. The van der Waals surface area contributed by atoms with Crippen LogP contribution in [0.3, 0.4) is 0 Å². The maximum absolute atomic E-state index is 4.59. The largest absolute Gasteiger partial charge is 0.313 e. The van der Waals surface area contributed by atoms with Crippen LogP contribution in [0, 0.1) is 6.92 Å². The Bertz CT molecular complexity index is 492. The molecule has 102 valence electrons. The van der Waals surface area contributed by atoms with E-state index in [-0.39, 0.29) is 0 Å². The maximum Gasteiger partial charge on any atom is 0.0897 e. The lowest BCUT2D eigenvalue weighted by atomic mass is 9.90. The molecule has 2 unspecified atom stereocenters. The fraction of sp³-hybridized carbons (Fsp3) is 0.438. The van der Waals surface area contributed by atoms with Crippen molar-refractivity contribution < 1.29 is 0 Å². The van der Waals surface area contributed by atoms with Gasteiger partial charge in [-0.15, -0.1) is 11.3 Å². The summed E-state index contributed by atoms with van der Waals surface area (Å²) in [5.74, 6) is 0.489. The third-order valence-corrected chi connectivity index (χ3v) is 4.31. The quantitative estimate of drug-likeness (QED) is 0.867. The molecule has 3 heteroatoms. The number of hydrogen-bond donors (Lipinski definition) is 1. The van der Waals surface area contributed by atoms with Gasteiger partial charge in [-0.3, -0.25) is 0 Å². The summed E-state index contributed by atoms with van der Waals surface area (Å²) >= 11 is 1.73. The second kappa shape index (κ2) is 6.83. The summed E-state index contributed by atoms with van der Waals surface area (Å²) in [4.78, 5) is 4.59. The van der Waals surface area contributed by atoms with Gasteiger partial charge >= 0.3 is 0 Å². The van der Waals surface area contributed by atoms with Gasteiger partial charge in [0.15, 0.2) is 0 Å². The average Bonchev–Trinajstić information content (AvgIpc) is 2.84. The van der Waals surface area contributed by atoms with Crippen LogP contribution in [0.25, 0.3) is 0 Å². The predicted molar refractivity (Wildman–Crippen MR) is 82.9 cm³/mol. The van der Waals surface area contributed by atoms with Crippen molar-refractivity contribution in [2.75, 3.05) is 6.54 Å². The van der Waals surface area contributed by atoms with E-state index in [0.29, 0.717) is 12.0 Å². The van der Waals surface area contributed by atoms with Crippen LogP contribution in [0.4, 0.5) is 0 Å². The molecule has 0 aliphatic carbocycles. The first-order valence-electron chi connectivity index (χ1n) is 6.90. The van der Waals surface area contributed by atoms with Crippen molar-refractivity contribution in [3.63, 3.8) is 0 Å². The van der Waals surface area contributed by atoms with E-state index in [9.17, 15) is 0 Å². The fourth-order valence-electron chi connectivity index (χ4n) is 2.40. The molecule has 0 fully saturated rings. The highest BCUT2D eigenvalue weighted by Crippen LogP contribution is 2.22. The molecule has 0 bridgehead atoms. The summed E-state index contributed by atoms with van der Waals surface area (Å²) in [5, 5.41) is 6.93. The Hall–Kier alpha value is -1.19. The van der Waals surface area contributed by atoms with E-state index >= 15 is 0 Å². The summed E-state index contributed by atoms with van der Waals surface area (Å²) in [6, 6.07) is 11.2. The Labute approximate surface area is 119 Å². The van der Waals surface area contributed by atoms with Gasteiger partial charge in [-0.05, 0) is 24.9 Å². The van der Waals surface area contributed by atoms with Crippen LogP contribution in [0.5, 0.6) is 0 Å². The van der Waals surface area contributed by atoms with E-state index in [1.807, 2.05) is 0 Å². The molecule has 0 amide bonds. The van der Waals surface area contributed by atoms with Crippen LogP contribution in [0.15, 0.2) is 35.7 Å². The molecule has 0 spiro atoms. The van der Waals surface area contributed by atoms with Gasteiger partial charge in [0.25, 0.3) is 0 Å². The minimum Gasteiger partial charge on any atom is -0.313 e. The monoisotopic (exact) mass is 274 g/mol. The van der Waals surface area contributed by atoms with Crippen molar-refractivity contribution in [1.82, 2.24) is 10.3 Å². The summed E-state index contributed by atoms with van der Waals surface area (Å²) < 4.78 is 0. The second-order valence-electron chi connectivity index (χ2n) is 4.93. The number of aryl methyl sites for hydroxylation is 1. The first kappa shape index (κ1) is 14.2. The lowest BCUT2D eigenvalue weighted by Crippen LogP contribution is -2.35. The zero-order valence-electron chi connectivity index (χ0n) is 11.9. The molecule has 2 rings (SSSR count). The van der Waals surface area contributed by atoms with Gasteiger partial charge in [-0.2, -0.15) is 0 Å². The number of rotatable bonds is 6. The zero-order valence-corrected chi connectivity index (χ0v) is 12.7. The summed E-state index contributed by atoms with van der Waals surface area (Å²) in [6.07, 6.45) is 0.994. The molecule has 0 saturated carbocycles. The normalized spacial score (nSPS) is 14.3. The van der Waals surface area contributed by atoms with Gasteiger partial charge in [0.05, 0.1) is 10.7 Å². The van der Waals surface area contributed by atoms with Gasteiger partial charge in [0.2, 0.25) is 0 Å². The first-order chi connectivity index (χ1) is 9.20. The number of thiazole rings is 1.